The third kappa shape index (κ3) is 7.79. The Bertz CT molecular complexity index is 462. The number of nitrogens with one attached hydrogen (secondary N) is 1. The van der Waals surface area contributed by atoms with Crippen molar-refractivity contribution in [2.75, 3.05) is 13.2 Å². The molecule has 7 heteroatoms. The fourth-order valence-corrected chi connectivity index (χ4v) is 2.28. The Labute approximate surface area is 131 Å². The summed E-state index contributed by atoms with van der Waals surface area (Å²) in [6.45, 7) is 2.81. The lowest BCUT2D eigenvalue weighted by molar-refractivity contribution is -0.159. The maximum absolute atomic E-state index is 9.10. The second-order valence-corrected chi connectivity index (χ2v) is 5.42. The molecule has 1 unspecified atom stereocenters. The summed E-state index contributed by atoms with van der Waals surface area (Å²) in [6.07, 6.45) is 2.84. The van der Waals surface area contributed by atoms with E-state index in [4.69, 9.17) is 24.5 Å². The van der Waals surface area contributed by atoms with E-state index in [0.29, 0.717) is 6.10 Å². The molecule has 0 radical (unpaired) electrons. The first-order valence-electron chi connectivity index (χ1n) is 6.52. The van der Waals surface area contributed by atoms with Gasteiger partial charge in [0.15, 0.2) is 0 Å². The first kappa shape index (κ1) is 17.6. The highest BCUT2D eigenvalue weighted by atomic mass is 79.9. The van der Waals surface area contributed by atoms with Crippen LogP contribution in [0.5, 0.6) is 0 Å². The lowest BCUT2D eigenvalue weighted by Gasteiger charge is -2.10. The molecule has 2 rings (SSSR count). The van der Waals surface area contributed by atoms with E-state index in [2.05, 4.69) is 39.4 Å². The molecule has 0 aromatic heterocycles. The maximum atomic E-state index is 9.10. The number of benzene rings is 1. The number of carboxylic acid groups (broad SMARTS) is 2. The number of carboxylic acids is 2. The molecule has 1 heterocycles. The van der Waals surface area contributed by atoms with Crippen LogP contribution in [0.25, 0.3) is 0 Å². The summed E-state index contributed by atoms with van der Waals surface area (Å²) >= 11 is 3.47. The highest BCUT2D eigenvalue weighted by molar-refractivity contribution is 9.10. The van der Waals surface area contributed by atoms with Gasteiger partial charge < -0.3 is 20.3 Å². The van der Waals surface area contributed by atoms with Gasteiger partial charge in [0, 0.05) is 24.2 Å². The summed E-state index contributed by atoms with van der Waals surface area (Å²) in [4.78, 5) is 18.2. The van der Waals surface area contributed by atoms with Crippen molar-refractivity contribution in [1.29, 1.82) is 0 Å². The molecule has 0 spiro atoms. The minimum atomic E-state index is -1.82. The van der Waals surface area contributed by atoms with E-state index >= 15 is 0 Å². The van der Waals surface area contributed by atoms with Crippen molar-refractivity contribution >= 4 is 27.9 Å². The second kappa shape index (κ2) is 9.49. The smallest absolute Gasteiger partial charge is 0.414 e. The molecule has 0 amide bonds. The van der Waals surface area contributed by atoms with E-state index in [1.165, 1.54) is 18.4 Å². The van der Waals surface area contributed by atoms with Crippen LogP contribution >= 0.6 is 15.9 Å². The van der Waals surface area contributed by atoms with E-state index in [1.807, 2.05) is 6.07 Å². The van der Waals surface area contributed by atoms with Crippen LogP contribution in [0.1, 0.15) is 18.4 Å². The van der Waals surface area contributed by atoms with Crippen molar-refractivity contribution in [3.05, 3.63) is 34.3 Å². The molecule has 116 valence electrons. The average Bonchev–Trinajstić information content (AvgIpc) is 2.92. The number of hydrogen-bond donors (Lipinski definition) is 3. The van der Waals surface area contributed by atoms with Crippen molar-refractivity contribution in [3.8, 4) is 0 Å². The van der Waals surface area contributed by atoms with Crippen LogP contribution in [0.3, 0.4) is 0 Å². The molecule has 1 atom stereocenters. The normalized spacial score (nSPS) is 16.9. The quantitative estimate of drug-likeness (QED) is 0.710. The van der Waals surface area contributed by atoms with Crippen molar-refractivity contribution in [2.45, 2.75) is 25.5 Å². The lowest BCUT2D eigenvalue weighted by atomic mass is 10.2. The molecule has 1 aromatic rings. The van der Waals surface area contributed by atoms with Crippen molar-refractivity contribution in [2.24, 2.45) is 0 Å². The zero-order valence-corrected chi connectivity index (χ0v) is 13.0. The van der Waals surface area contributed by atoms with Gasteiger partial charge in [-0.1, -0.05) is 28.1 Å². The number of ether oxygens (including phenoxy) is 1. The van der Waals surface area contributed by atoms with Crippen molar-refractivity contribution in [1.82, 2.24) is 5.32 Å². The summed E-state index contributed by atoms with van der Waals surface area (Å²) in [6, 6.07) is 8.38. The number of carbonyl (C=O) groups is 2. The van der Waals surface area contributed by atoms with Gasteiger partial charge in [-0.15, -0.1) is 0 Å². The number of halogens is 1. The molecular formula is C14H18BrNO5. The third-order valence-corrected chi connectivity index (χ3v) is 3.29. The Morgan fingerprint density at radius 3 is 2.57 bits per heavy atom. The first-order chi connectivity index (χ1) is 9.99. The fourth-order valence-electron chi connectivity index (χ4n) is 1.83. The van der Waals surface area contributed by atoms with Gasteiger partial charge in [0.2, 0.25) is 0 Å². The van der Waals surface area contributed by atoms with Gasteiger partial charge in [0.1, 0.15) is 0 Å². The zero-order valence-electron chi connectivity index (χ0n) is 11.4. The molecule has 6 nitrogen and oxygen atoms in total. The topological polar surface area (TPSA) is 95.9 Å². The van der Waals surface area contributed by atoms with Crippen molar-refractivity contribution < 1.29 is 24.5 Å². The Morgan fingerprint density at radius 2 is 2.05 bits per heavy atom. The second-order valence-electron chi connectivity index (χ2n) is 4.51. The van der Waals surface area contributed by atoms with Gasteiger partial charge >= 0.3 is 11.9 Å². The molecule has 1 aliphatic rings. The summed E-state index contributed by atoms with van der Waals surface area (Å²) in [7, 11) is 0. The predicted molar refractivity (Wildman–Crippen MR) is 80.1 cm³/mol. The highest BCUT2D eigenvalue weighted by Gasteiger charge is 2.14. The minimum absolute atomic E-state index is 0.428. The Kier molecular flexibility index (Phi) is 7.96. The average molecular weight is 360 g/mol. The van der Waals surface area contributed by atoms with Crippen LogP contribution in [0.15, 0.2) is 28.7 Å². The molecular weight excluding hydrogens is 342 g/mol. The Morgan fingerprint density at radius 1 is 1.33 bits per heavy atom. The summed E-state index contributed by atoms with van der Waals surface area (Å²) in [5, 5.41) is 18.2. The summed E-state index contributed by atoms with van der Waals surface area (Å²) < 4.78 is 6.68. The molecule has 3 N–H and O–H groups in total. The zero-order chi connectivity index (χ0) is 15.7. The van der Waals surface area contributed by atoms with Crippen molar-refractivity contribution in [3.63, 3.8) is 0 Å². The van der Waals surface area contributed by atoms with Gasteiger partial charge in [-0.2, -0.15) is 0 Å². The molecule has 0 bridgehead atoms. The van der Waals surface area contributed by atoms with Gasteiger partial charge in [-0.3, -0.25) is 0 Å². The fraction of sp³-hybridized carbons (Fsp3) is 0.429. The van der Waals surface area contributed by atoms with Crippen LogP contribution in [0.4, 0.5) is 0 Å². The molecule has 1 fully saturated rings. The number of hydrogen-bond acceptors (Lipinski definition) is 4. The van der Waals surface area contributed by atoms with Gasteiger partial charge in [0.05, 0.1) is 6.10 Å². The first-order valence-corrected chi connectivity index (χ1v) is 7.31. The Hall–Kier alpha value is -1.44. The highest BCUT2D eigenvalue weighted by Crippen LogP contribution is 2.13. The van der Waals surface area contributed by atoms with E-state index in [0.717, 1.165) is 24.2 Å². The molecule has 1 aliphatic heterocycles. The maximum Gasteiger partial charge on any atom is 0.414 e. The molecule has 0 aliphatic carbocycles. The molecule has 0 saturated carbocycles. The van der Waals surface area contributed by atoms with E-state index < -0.39 is 11.9 Å². The van der Waals surface area contributed by atoms with E-state index in [1.54, 1.807) is 0 Å². The molecule has 1 saturated heterocycles. The van der Waals surface area contributed by atoms with Gasteiger partial charge in [0.25, 0.3) is 0 Å². The SMILES string of the molecule is Brc1cccc(CNCC2CCCO2)c1.O=C(O)C(=O)O. The van der Waals surface area contributed by atoms with E-state index in [9.17, 15) is 0 Å². The van der Waals surface area contributed by atoms with Crippen LogP contribution in [-0.2, 0) is 20.9 Å². The van der Waals surface area contributed by atoms with E-state index in [-0.39, 0.29) is 0 Å². The molecule has 1 aromatic carbocycles. The Balaban J connectivity index is 0.000000315. The number of rotatable bonds is 4. The third-order valence-electron chi connectivity index (χ3n) is 2.80. The summed E-state index contributed by atoms with van der Waals surface area (Å²) in [5.41, 5.74) is 1.31. The molecule has 21 heavy (non-hydrogen) atoms. The van der Waals surface area contributed by atoms with Crippen LogP contribution in [0, 0.1) is 0 Å². The monoisotopic (exact) mass is 359 g/mol. The summed E-state index contributed by atoms with van der Waals surface area (Å²) in [5.74, 6) is -3.65. The standard InChI is InChI=1S/C12H16BrNO.C2H2O4/c13-11-4-1-3-10(7-11)8-14-9-12-5-2-6-15-12;3-1(4)2(5)6/h1,3-4,7,12,14H,2,5-6,8-9H2;(H,3,4)(H,5,6). The lowest BCUT2D eigenvalue weighted by Crippen LogP contribution is -2.25. The van der Waals surface area contributed by atoms with Gasteiger partial charge in [-0.05, 0) is 30.5 Å². The number of aliphatic carboxylic acids is 2. The van der Waals surface area contributed by atoms with Gasteiger partial charge in [-0.25, -0.2) is 9.59 Å². The van der Waals surface area contributed by atoms with Crippen LogP contribution in [0.2, 0.25) is 0 Å². The predicted octanol–water partition coefficient (Wildman–Crippen LogP) is 1.87. The van der Waals surface area contributed by atoms with Crippen LogP contribution < -0.4 is 5.32 Å². The van der Waals surface area contributed by atoms with Crippen LogP contribution in [-0.4, -0.2) is 41.4 Å². The largest absolute Gasteiger partial charge is 0.473 e. The minimum Gasteiger partial charge on any atom is -0.473 e.